The van der Waals surface area contributed by atoms with Gasteiger partial charge in [-0.15, -0.1) is 0 Å². The number of ether oxygens (including phenoxy) is 1. The first kappa shape index (κ1) is 14.5. The van der Waals surface area contributed by atoms with Gasteiger partial charge in [-0.1, -0.05) is 18.2 Å². The second kappa shape index (κ2) is 5.60. The zero-order valence-corrected chi connectivity index (χ0v) is 13.6. The number of para-hydroxylation sites is 1. The molecule has 3 aliphatic rings. The van der Waals surface area contributed by atoms with Gasteiger partial charge in [0.2, 0.25) is 0 Å². The second-order valence-corrected chi connectivity index (χ2v) is 7.37. The SMILES string of the molecule is O=C(N[C@@H]1C[C@H]2CO[C@@H](C3CC3)CN2C1)c1cc2ccccc2o1. The summed E-state index contributed by atoms with van der Waals surface area (Å²) >= 11 is 0. The summed E-state index contributed by atoms with van der Waals surface area (Å²) in [4.78, 5) is 15.0. The Morgan fingerprint density at radius 3 is 2.92 bits per heavy atom. The molecule has 1 amide bonds. The fourth-order valence-electron chi connectivity index (χ4n) is 4.11. The van der Waals surface area contributed by atoms with Crippen molar-refractivity contribution in [3.8, 4) is 0 Å². The highest BCUT2D eigenvalue weighted by molar-refractivity contribution is 5.96. The van der Waals surface area contributed by atoms with Gasteiger partial charge in [0, 0.05) is 30.6 Å². The summed E-state index contributed by atoms with van der Waals surface area (Å²) in [6.45, 7) is 2.74. The quantitative estimate of drug-likeness (QED) is 0.941. The number of rotatable bonds is 3. The lowest BCUT2D eigenvalue weighted by Gasteiger charge is -2.35. The Kier molecular flexibility index (Phi) is 3.38. The van der Waals surface area contributed by atoms with Crippen molar-refractivity contribution in [3.63, 3.8) is 0 Å². The van der Waals surface area contributed by atoms with Gasteiger partial charge in [0.15, 0.2) is 5.76 Å². The molecule has 2 aliphatic heterocycles. The van der Waals surface area contributed by atoms with Crippen molar-refractivity contribution in [1.29, 1.82) is 0 Å². The zero-order chi connectivity index (χ0) is 16.1. The molecule has 24 heavy (non-hydrogen) atoms. The second-order valence-electron chi connectivity index (χ2n) is 7.37. The molecule has 0 bridgehead atoms. The summed E-state index contributed by atoms with van der Waals surface area (Å²) < 4.78 is 11.7. The first-order valence-corrected chi connectivity index (χ1v) is 8.91. The van der Waals surface area contributed by atoms with Crippen LogP contribution in [0, 0.1) is 5.92 Å². The van der Waals surface area contributed by atoms with Gasteiger partial charge in [-0.05, 0) is 37.3 Å². The van der Waals surface area contributed by atoms with E-state index in [1.54, 1.807) is 0 Å². The van der Waals surface area contributed by atoms with Gasteiger partial charge in [0.05, 0.1) is 12.7 Å². The van der Waals surface area contributed by atoms with Crippen molar-refractivity contribution >= 4 is 16.9 Å². The molecule has 3 fully saturated rings. The van der Waals surface area contributed by atoms with Crippen molar-refractivity contribution in [2.75, 3.05) is 19.7 Å². The Morgan fingerprint density at radius 1 is 1.21 bits per heavy atom. The van der Waals surface area contributed by atoms with E-state index in [0.717, 1.165) is 43.0 Å². The third-order valence-corrected chi connectivity index (χ3v) is 5.58. The fourth-order valence-corrected chi connectivity index (χ4v) is 4.11. The van der Waals surface area contributed by atoms with Crippen LogP contribution in [0.5, 0.6) is 0 Å². The largest absolute Gasteiger partial charge is 0.451 e. The van der Waals surface area contributed by atoms with Crippen LogP contribution in [0.3, 0.4) is 0 Å². The maximum atomic E-state index is 12.5. The number of amides is 1. The minimum Gasteiger partial charge on any atom is -0.451 e. The predicted octanol–water partition coefficient (Wildman–Crippen LogP) is 2.41. The summed E-state index contributed by atoms with van der Waals surface area (Å²) in [6.07, 6.45) is 4.00. The van der Waals surface area contributed by atoms with Crippen LogP contribution in [-0.4, -0.2) is 48.7 Å². The van der Waals surface area contributed by atoms with Crippen LogP contribution in [0.4, 0.5) is 0 Å². The van der Waals surface area contributed by atoms with E-state index in [2.05, 4.69) is 10.2 Å². The first-order valence-electron chi connectivity index (χ1n) is 8.91. The lowest BCUT2D eigenvalue weighted by Crippen LogP contribution is -2.47. The van der Waals surface area contributed by atoms with Crippen LogP contribution in [0.15, 0.2) is 34.7 Å². The van der Waals surface area contributed by atoms with Crippen LogP contribution in [-0.2, 0) is 4.74 Å². The molecule has 2 aromatic rings. The number of fused-ring (bicyclic) bond motifs is 2. The summed E-state index contributed by atoms with van der Waals surface area (Å²) in [5, 5.41) is 4.11. The van der Waals surface area contributed by atoms with Crippen molar-refractivity contribution < 1.29 is 13.9 Å². The molecule has 0 unspecified atom stereocenters. The van der Waals surface area contributed by atoms with Crippen LogP contribution >= 0.6 is 0 Å². The van der Waals surface area contributed by atoms with E-state index >= 15 is 0 Å². The lowest BCUT2D eigenvalue weighted by atomic mass is 10.1. The smallest absolute Gasteiger partial charge is 0.287 e. The van der Waals surface area contributed by atoms with E-state index < -0.39 is 0 Å². The van der Waals surface area contributed by atoms with E-state index in [-0.39, 0.29) is 11.9 Å². The number of nitrogens with zero attached hydrogens (tertiary/aromatic N) is 1. The number of carbonyl (C=O) groups excluding carboxylic acids is 1. The van der Waals surface area contributed by atoms with Gasteiger partial charge >= 0.3 is 0 Å². The Bertz CT molecular complexity index is 734. The average Bonchev–Trinajstić information content (AvgIpc) is 3.22. The van der Waals surface area contributed by atoms with E-state index in [9.17, 15) is 4.79 Å². The Hall–Kier alpha value is -1.85. The fraction of sp³-hybridized carbons (Fsp3) is 0.526. The number of nitrogens with one attached hydrogen (secondary N) is 1. The summed E-state index contributed by atoms with van der Waals surface area (Å²) in [5.41, 5.74) is 0.757. The third kappa shape index (κ3) is 2.62. The van der Waals surface area contributed by atoms with Crippen molar-refractivity contribution in [2.24, 2.45) is 5.92 Å². The third-order valence-electron chi connectivity index (χ3n) is 5.58. The molecule has 3 atom stereocenters. The minimum absolute atomic E-state index is 0.115. The highest BCUT2D eigenvalue weighted by atomic mass is 16.5. The molecule has 5 rings (SSSR count). The molecule has 5 heteroatoms. The Labute approximate surface area is 140 Å². The van der Waals surface area contributed by atoms with Crippen molar-refractivity contribution in [2.45, 2.75) is 37.5 Å². The molecular formula is C19H22N2O3. The van der Waals surface area contributed by atoms with E-state index in [0.29, 0.717) is 17.9 Å². The maximum Gasteiger partial charge on any atom is 0.287 e. The summed E-state index contributed by atoms with van der Waals surface area (Å²) in [7, 11) is 0. The van der Waals surface area contributed by atoms with E-state index in [1.165, 1.54) is 12.8 Å². The Morgan fingerprint density at radius 2 is 2.08 bits per heavy atom. The van der Waals surface area contributed by atoms with Crippen molar-refractivity contribution in [3.05, 3.63) is 36.1 Å². The zero-order valence-electron chi connectivity index (χ0n) is 13.6. The molecule has 5 nitrogen and oxygen atoms in total. The normalized spacial score (nSPS) is 30.4. The number of carbonyl (C=O) groups is 1. The first-order chi connectivity index (χ1) is 11.8. The molecule has 1 N–H and O–H groups in total. The predicted molar refractivity (Wildman–Crippen MR) is 89.9 cm³/mol. The number of morpholine rings is 1. The molecule has 0 radical (unpaired) electrons. The topological polar surface area (TPSA) is 54.7 Å². The Balaban J connectivity index is 1.24. The van der Waals surface area contributed by atoms with Gasteiger partial charge in [0.1, 0.15) is 5.58 Å². The monoisotopic (exact) mass is 326 g/mol. The van der Waals surface area contributed by atoms with Crippen LogP contribution in [0.2, 0.25) is 0 Å². The number of benzene rings is 1. The molecule has 3 heterocycles. The average molecular weight is 326 g/mol. The number of hydrogen-bond acceptors (Lipinski definition) is 4. The van der Waals surface area contributed by atoms with Gasteiger partial charge in [-0.2, -0.15) is 0 Å². The highest BCUT2D eigenvalue weighted by Gasteiger charge is 2.42. The molecule has 2 saturated heterocycles. The van der Waals surface area contributed by atoms with E-state index in [4.69, 9.17) is 9.15 Å². The molecule has 1 saturated carbocycles. The lowest BCUT2D eigenvalue weighted by molar-refractivity contribution is -0.0581. The van der Waals surface area contributed by atoms with Gasteiger partial charge in [-0.25, -0.2) is 0 Å². The van der Waals surface area contributed by atoms with Crippen LogP contribution < -0.4 is 5.32 Å². The summed E-state index contributed by atoms with van der Waals surface area (Å²) in [5.74, 6) is 1.05. The van der Waals surface area contributed by atoms with Gasteiger partial charge < -0.3 is 14.5 Å². The maximum absolute atomic E-state index is 12.5. The molecule has 126 valence electrons. The standard InChI is InChI=1S/C19H22N2O3/c22-19(17-7-13-3-1-2-4-16(13)24-17)20-14-8-15-11-23-18(12-5-6-12)10-21(15)9-14/h1-4,7,12,14-15,18H,5-6,8-11H2,(H,20,22)/t14-,15+,18-/m1/s1. The van der Waals surface area contributed by atoms with Gasteiger partial charge in [0.25, 0.3) is 5.91 Å². The molecule has 1 aromatic heterocycles. The van der Waals surface area contributed by atoms with E-state index in [1.807, 2.05) is 30.3 Å². The van der Waals surface area contributed by atoms with Gasteiger partial charge in [-0.3, -0.25) is 9.69 Å². The van der Waals surface area contributed by atoms with Crippen LogP contribution in [0.1, 0.15) is 29.8 Å². The highest BCUT2D eigenvalue weighted by Crippen LogP contribution is 2.37. The number of hydrogen-bond donors (Lipinski definition) is 1. The molecule has 1 aliphatic carbocycles. The van der Waals surface area contributed by atoms with Crippen molar-refractivity contribution in [1.82, 2.24) is 10.2 Å². The molecular weight excluding hydrogens is 304 g/mol. The molecule has 1 aromatic carbocycles. The summed E-state index contributed by atoms with van der Waals surface area (Å²) in [6, 6.07) is 10.2. The molecule has 0 spiro atoms. The number of furan rings is 1. The van der Waals surface area contributed by atoms with Crippen LogP contribution in [0.25, 0.3) is 11.0 Å². The minimum atomic E-state index is -0.115.